The minimum Gasteiger partial charge on any atom is -0.491 e. The number of benzene rings is 1. The van der Waals surface area contributed by atoms with Crippen molar-refractivity contribution in [2.75, 3.05) is 32.8 Å². The SMILES string of the molecule is Cl.NCCCOC1CCN(C(=O)CCCOc2ccccc2F)CC1. The van der Waals surface area contributed by atoms with E-state index in [9.17, 15) is 9.18 Å². The van der Waals surface area contributed by atoms with Crippen molar-refractivity contribution < 1.29 is 18.7 Å². The maximum absolute atomic E-state index is 13.4. The lowest BCUT2D eigenvalue weighted by molar-refractivity contribution is -0.134. The van der Waals surface area contributed by atoms with Crippen molar-refractivity contribution in [3.8, 4) is 5.75 Å². The number of nitrogens with zero attached hydrogens (tertiary/aromatic N) is 1. The van der Waals surface area contributed by atoms with Crippen LogP contribution in [0, 0.1) is 5.82 Å². The molecular weight excluding hydrogens is 347 g/mol. The van der Waals surface area contributed by atoms with Crippen molar-refractivity contribution in [3.05, 3.63) is 30.1 Å². The van der Waals surface area contributed by atoms with Crippen LogP contribution in [0.5, 0.6) is 5.75 Å². The Kier molecular flexibility index (Phi) is 10.5. The molecule has 0 atom stereocenters. The van der Waals surface area contributed by atoms with E-state index >= 15 is 0 Å². The molecule has 0 aromatic heterocycles. The molecule has 1 amide bonds. The summed E-state index contributed by atoms with van der Waals surface area (Å²) in [6.07, 6.45) is 3.88. The minimum atomic E-state index is -0.375. The molecule has 0 aliphatic carbocycles. The standard InChI is InChI=1S/C18H27FN2O3.ClH/c19-16-5-1-2-6-17(16)24-13-3-7-18(22)21-11-8-15(9-12-21)23-14-4-10-20;/h1-2,5-6,15H,3-4,7-14,20H2;1H. The lowest BCUT2D eigenvalue weighted by atomic mass is 10.1. The highest BCUT2D eigenvalue weighted by molar-refractivity contribution is 5.85. The van der Waals surface area contributed by atoms with Gasteiger partial charge in [-0.05, 0) is 44.4 Å². The molecule has 0 spiro atoms. The van der Waals surface area contributed by atoms with Gasteiger partial charge in [0.2, 0.25) is 5.91 Å². The van der Waals surface area contributed by atoms with Crippen molar-refractivity contribution >= 4 is 18.3 Å². The van der Waals surface area contributed by atoms with E-state index in [-0.39, 0.29) is 36.0 Å². The van der Waals surface area contributed by atoms with Crippen LogP contribution in [0.25, 0.3) is 0 Å². The molecule has 0 radical (unpaired) electrons. The van der Waals surface area contributed by atoms with E-state index in [1.54, 1.807) is 18.2 Å². The van der Waals surface area contributed by atoms with Crippen LogP contribution in [0.3, 0.4) is 0 Å². The molecule has 5 nitrogen and oxygen atoms in total. The van der Waals surface area contributed by atoms with Gasteiger partial charge in [-0.1, -0.05) is 12.1 Å². The normalized spacial score (nSPS) is 14.9. The van der Waals surface area contributed by atoms with Crippen LogP contribution >= 0.6 is 12.4 Å². The van der Waals surface area contributed by atoms with Crippen LogP contribution in [0.2, 0.25) is 0 Å². The molecule has 1 fully saturated rings. The third kappa shape index (κ3) is 7.59. The molecule has 1 aliphatic heterocycles. The van der Waals surface area contributed by atoms with E-state index in [1.807, 2.05) is 4.90 Å². The highest BCUT2D eigenvalue weighted by Crippen LogP contribution is 2.17. The zero-order valence-corrected chi connectivity index (χ0v) is 15.3. The van der Waals surface area contributed by atoms with E-state index < -0.39 is 0 Å². The summed E-state index contributed by atoms with van der Waals surface area (Å²) in [5.41, 5.74) is 5.45. The Morgan fingerprint density at radius 3 is 2.60 bits per heavy atom. The number of likely N-dealkylation sites (tertiary alicyclic amines) is 1. The third-order valence-corrected chi connectivity index (χ3v) is 4.13. The van der Waals surface area contributed by atoms with E-state index in [0.29, 0.717) is 32.6 Å². The molecule has 142 valence electrons. The number of piperidine rings is 1. The Bertz CT molecular complexity index is 511. The van der Waals surface area contributed by atoms with E-state index in [1.165, 1.54) is 6.07 Å². The second kappa shape index (κ2) is 12.1. The summed E-state index contributed by atoms with van der Waals surface area (Å²) >= 11 is 0. The van der Waals surface area contributed by atoms with Gasteiger partial charge in [-0.25, -0.2) is 4.39 Å². The van der Waals surface area contributed by atoms with Crippen molar-refractivity contribution in [2.24, 2.45) is 5.73 Å². The summed E-state index contributed by atoms with van der Waals surface area (Å²) in [5, 5.41) is 0. The van der Waals surface area contributed by atoms with Crippen LogP contribution in [-0.2, 0) is 9.53 Å². The highest BCUT2D eigenvalue weighted by atomic mass is 35.5. The van der Waals surface area contributed by atoms with Crippen molar-refractivity contribution in [1.82, 2.24) is 4.90 Å². The van der Waals surface area contributed by atoms with Crippen molar-refractivity contribution in [3.63, 3.8) is 0 Å². The van der Waals surface area contributed by atoms with Gasteiger partial charge in [0.1, 0.15) is 0 Å². The second-order valence-electron chi connectivity index (χ2n) is 5.98. The molecule has 7 heteroatoms. The summed E-state index contributed by atoms with van der Waals surface area (Å²) < 4.78 is 24.5. The molecule has 1 heterocycles. The lowest BCUT2D eigenvalue weighted by Gasteiger charge is -2.32. The average Bonchev–Trinajstić information content (AvgIpc) is 2.61. The number of carbonyl (C=O) groups excluding carboxylic acids is 1. The number of nitrogens with two attached hydrogens (primary N) is 1. The van der Waals surface area contributed by atoms with Gasteiger partial charge >= 0.3 is 0 Å². The summed E-state index contributed by atoms with van der Waals surface area (Å²) in [4.78, 5) is 14.1. The smallest absolute Gasteiger partial charge is 0.222 e. The first-order chi connectivity index (χ1) is 11.7. The van der Waals surface area contributed by atoms with E-state index in [4.69, 9.17) is 15.2 Å². The number of halogens is 2. The molecule has 0 bridgehead atoms. The third-order valence-electron chi connectivity index (χ3n) is 4.13. The van der Waals surface area contributed by atoms with Crippen LogP contribution in [0.1, 0.15) is 32.1 Å². The lowest BCUT2D eigenvalue weighted by Crippen LogP contribution is -2.41. The summed E-state index contributed by atoms with van der Waals surface area (Å²) in [5.74, 6) is -0.00605. The molecule has 1 aliphatic rings. The molecule has 25 heavy (non-hydrogen) atoms. The number of para-hydroxylation sites is 1. The first kappa shape index (κ1) is 21.7. The summed E-state index contributed by atoms with van der Waals surface area (Å²) in [7, 11) is 0. The van der Waals surface area contributed by atoms with Gasteiger partial charge in [0.05, 0.1) is 12.7 Å². The minimum absolute atomic E-state index is 0. The number of hydrogen-bond donors (Lipinski definition) is 1. The fraction of sp³-hybridized carbons (Fsp3) is 0.611. The average molecular weight is 375 g/mol. The Balaban J connectivity index is 0.00000312. The maximum atomic E-state index is 13.4. The van der Waals surface area contributed by atoms with Gasteiger partial charge in [-0.15, -0.1) is 12.4 Å². The Hall–Kier alpha value is -1.37. The van der Waals surface area contributed by atoms with Gasteiger partial charge in [0.25, 0.3) is 0 Å². The molecule has 2 rings (SSSR count). The number of ether oxygens (including phenoxy) is 2. The van der Waals surface area contributed by atoms with Crippen LogP contribution in [0.4, 0.5) is 4.39 Å². The van der Waals surface area contributed by atoms with Crippen molar-refractivity contribution in [2.45, 2.75) is 38.2 Å². The zero-order chi connectivity index (χ0) is 17.2. The second-order valence-corrected chi connectivity index (χ2v) is 5.98. The number of hydrogen-bond acceptors (Lipinski definition) is 4. The first-order valence-corrected chi connectivity index (χ1v) is 8.67. The molecule has 1 saturated heterocycles. The van der Waals surface area contributed by atoms with Gasteiger partial charge in [-0.3, -0.25) is 4.79 Å². The van der Waals surface area contributed by atoms with Crippen molar-refractivity contribution in [1.29, 1.82) is 0 Å². The largest absolute Gasteiger partial charge is 0.491 e. The van der Waals surface area contributed by atoms with Crippen LogP contribution in [0.15, 0.2) is 24.3 Å². The molecule has 0 saturated carbocycles. The fourth-order valence-corrected chi connectivity index (χ4v) is 2.73. The molecule has 1 aromatic carbocycles. The topological polar surface area (TPSA) is 64.8 Å². The predicted octanol–water partition coefficient (Wildman–Crippen LogP) is 2.76. The maximum Gasteiger partial charge on any atom is 0.222 e. The van der Waals surface area contributed by atoms with Gasteiger partial charge in [-0.2, -0.15) is 0 Å². The quantitative estimate of drug-likeness (QED) is 0.675. The van der Waals surface area contributed by atoms with Gasteiger partial charge < -0.3 is 20.1 Å². The number of amides is 1. The summed E-state index contributed by atoms with van der Waals surface area (Å²) in [6, 6.07) is 6.30. The van der Waals surface area contributed by atoms with E-state index in [2.05, 4.69) is 0 Å². The van der Waals surface area contributed by atoms with Crippen LogP contribution in [-0.4, -0.2) is 49.8 Å². The Morgan fingerprint density at radius 2 is 1.92 bits per heavy atom. The zero-order valence-electron chi connectivity index (χ0n) is 14.5. The molecule has 0 unspecified atom stereocenters. The first-order valence-electron chi connectivity index (χ1n) is 8.67. The fourth-order valence-electron chi connectivity index (χ4n) is 2.73. The highest BCUT2D eigenvalue weighted by Gasteiger charge is 2.22. The van der Waals surface area contributed by atoms with Gasteiger partial charge in [0, 0.05) is 26.1 Å². The predicted molar refractivity (Wildman–Crippen MR) is 97.6 cm³/mol. The molecule has 1 aromatic rings. The Morgan fingerprint density at radius 1 is 1.20 bits per heavy atom. The molecule has 2 N–H and O–H groups in total. The monoisotopic (exact) mass is 374 g/mol. The van der Waals surface area contributed by atoms with Gasteiger partial charge in [0.15, 0.2) is 11.6 Å². The van der Waals surface area contributed by atoms with Crippen LogP contribution < -0.4 is 10.5 Å². The van der Waals surface area contributed by atoms with E-state index in [0.717, 1.165) is 32.4 Å². The molecular formula is C18H28ClFN2O3. The summed E-state index contributed by atoms with van der Waals surface area (Å²) in [6.45, 7) is 3.15. The number of carbonyl (C=O) groups is 1. The Labute approximate surface area is 155 Å². The number of rotatable bonds is 9.